The smallest absolute Gasteiger partial charge is 0.385 e. The van der Waals surface area contributed by atoms with Crippen LogP contribution in [0.1, 0.15) is 26.5 Å². The Bertz CT molecular complexity index is 368. The summed E-state index contributed by atoms with van der Waals surface area (Å²) in [5, 5.41) is 5.34. The zero-order chi connectivity index (χ0) is 10.6. The number of ether oxygens (including phenoxy) is 1. The SMILES string of the molecule is CC(C)(C)OC(=O)C#Cc1csnn1. The van der Waals surface area contributed by atoms with Gasteiger partial charge in [-0.2, -0.15) is 0 Å². The predicted octanol–water partition coefficient (Wildman–Crippen LogP) is 1.23. The molecule has 0 aliphatic heterocycles. The average Bonchev–Trinajstić information content (AvgIpc) is 2.49. The first-order chi connectivity index (χ1) is 6.47. The van der Waals surface area contributed by atoms with Gasteiger partial charge < -0.3 is 4.74 Å². The topological polar surface area (TPSA) is 52.1 Å². The Labute approximate surface area is 86.4 Å². The summed E-state index contributed by atoms with van der Waals surface area (Å²) in [6, 6.07) is 0. The van der Waals surface area contributed by atoms with Crippen LogP contribution in [0.25, 0.3) is 0 Å². The van der Waals surface area contributed by atoms with E-state index in [9.17, 15) is 4.79 Å². The Morgan fingerprint density at radius 1 is 1.57 bits per heavy atom. The molecule has 0 N–H and O–H groups in total. The molecule has 0 amide bonds. The molecule has 14 heavy (non-hydrogen) atoms. The number of carbonyl (C=O) groups excluding carboxylic acids is 1. The predicted molar refractivity (Wildman–Crippen MR) is 52.6 cm³/mol. The zero-order valence-electron chi connectivity index (χ0n) is 8.20. The second kappa shape index (κ2) is 4.20. The van der Waals surface area contributed by atoms with Crippen LogP contribution in [0, 0.1) is 11.8 Å². The molecule has 0 fully saturated rings. The minimum atomic E-state index is -0.550. The Kier molecular flexibility index (Phi) is 3.20. The highest BCUT2D eigenvalue weighted by Crippen LogP contribution is 2.06. The van der Waals surface area contributed by atoms with Gasteiger partial charge in [-0.05, 0) is 38.2 Å². The Morgan fingerprint density at radius 2 is 2.29 bits per heavy atom. The van der Waals surface area contributed by atoms with E-state index in [-0.39, 0.29) is 0 Å². The summed E-state index contributed by atoms with van der Waals surface area (Å²) in [5.41, 5.74) is -0.0209. The van der Waals surface area contributed by atoms with Crippen molar-refractivity contribution in [2.24, 2.45) is 0 Å². The van der Waals surface area contributed by atoms with E-state index in [1.165, 1.54) is 11.5 Å². The van der Waals surface area contributed by atoms with Crippen molar-refractivity contribution in [2.75, 3.05) is 0 Å². The highest BCUT2D eigenvalue weighted by Gasteiger charge is 2.14. The molecule has 0 atom stereocenters. The number of hydrogen-bond acceptors (Lipinski definition) is 5. The van der Waals surface area contributed by atoms with Crippen molar-refractivity contribution in [3.05, 3.63) is 11.1 Å². The van der Waals surface area contributed by atoms with Crippen LogP contribution in [0.2, 0.25) is 0 Å². The van der Waals surface area contributed by atoms with Gasteiger partial charge in [0.15, 0.2) is 0 Å². The van der Waals surface area contributed by atoms with Crippen LogP contribution in [0.15, 0.2) is 5.38 Å². The summed E-state index contributed by atoms with van der Waals surface area (Å²) < 4.78 is 8.59. The molecule has 1 aromatic rings. The third kappa shape index (κ3) is 4.01. The first kappa shape index (κ1) is 10.7. The molecule has 5 heteroatoms. The molecular weight excluding hydrogens is 200 g/mol. The fourth-order valence-corrected chi connectivity index (χ4v) is 1.03. The lowest BCUT2D eigenvalue weighted by molar-refractivity contribution is -0.147. The van der Waals surface area contributed by atoms with E-state index in [4.69, 9.17) is 4.74 Å². The van der Waals surface area contributed by atoms with E-state index in [1.54, 1.807) is 26.2 Å². The summed E-state index contributed by atoms with van der Waals surface area (Å²) in [6.07, 6.45) is 0. The maximum Gasteiger partial charge on any atom is 0.385 e. The molecule has 1 aromatic heterocycles. The third-order valence-corrected chi connectivity index (χ3v) is 1.56. The summed E-state index contributed by atoms with van der Waals surface area (Å²) >= 11 is 1.19. The number of esters is 1. The quantitative estimate of drug-likeness (QED) is 0.477. The van der Waals surface area contributed by atoms with Crippen molar-refractivity contribution in [2.45, 2.75) is 26.4 Å². The van der Waals surface area contributed by atoms with Crippen LogP contribution in [0.3, 0.4) is 0 Å². The lowest BCUT2D eigenvalue weighted by Crippen LogP contribution is -2.22. The van der Waals surface area contributed by atoms with Crippen LogP contribution in [0.4, 0.5) is 0 Å². The van der Waals surface area contributed by atoms with Crippen LogP contribution < -0.4 is 0 Å². The van der Waals surface area contributed by atoms with Gasteiger partial charge in [0.05, 0.1) is 0 Å². The lowest BCUT2D eigenvalue weighted by atomic mass is 10.2. The summed E-state index contributed by atoms with van der Waals surface area (Å²) in [5.74, 6) is 4.34. The summed E-state index contributed by atoms with van der Waals surface area (Å²) in [4.78, 5) is 11.1. The van der Waals surface area contributed by atoms with E-state index in [0.29, 0.717) is 5.69 Å². The highest BCUT2D eigenvalue weighted by atomic mass is 32.1. The van der Waals surface area contributed by atoms with Crippen molar-refractivity contribution in [3.8, 4) is 11.8 Å². The van der Waals surface area contributed by atoms with Gasteiger partial charge >= 0.3 is 5.97 Å². The molecule has 1 rings (SSSR count). The van der Waals surface area contributed by atoms with Crippen molar-refractivity contribution in [1.29, 1.82) is 0 Å². The lowest BCUT2D eigenvalue weighted by Gasteiger charge is -2.16. The van der Waals surface area contributed by atoms with Crippen molar-refractivity contribution in [3.63, 3.8) is 0 Å². The average molecular weight is 210 g/mol. The van der Waals surface area contributed by atoms with Crippen LogP contribution in [-0.4, -0.2) is 21.2 Å². The number of carbonyl (C=O) groups is 1. The second-order valence-electron chi connectivity index (χ2n) is 3.54. The molecule has 0 radical (unpaired) electrons. The first-order valence-corrected chi connectivity index (χ1v) is 4.83. The monoisotopic (exact) mass is 210 g/mol. The van der Waals surface area contributed by atoms with Crippen LogP contribution in [-0.2, 0) is 9.53 Å². The highest BCUT2D eigenvalue weighted by molar-refractivity contribution is 7.03. The van der Waals surface area contributed by atoms with Gasteiger partial charge in [-0.1, -0.05) is 4.49 Å². The number of rotatable bonds is 0. The van der Waals surface area contributed by atoms with E-state index in [0.717, 1.165) is 0 Å². The maximum atomic E-state index is 11.1. The normalized spacial score (nSPS) is 10.2. The number of hydrogen-bond donors (Lipinski definition) is 0. The Hall–Kier alpha value is -1.41. The van der Waals surface area contributed by atoms with Gasteiger partial charge in [0.1, 0.15) is 11.3 Å². The first-order valence-electron chi connectivity index (χ1n) is 3.99. The molecule has 0 bridgehead atoms. The van der Waals surface area contributed by atoms with Gasteiger partial charge in [0.2, 0.25) is 0 Å². The number of aromatic nitrogens is 2. The summed E-state index contributed by atoms with van der Waals surface area (Å²) in [7, 11) is 0. The molecule has 0 aliphatic rings. The molecule has 0 saturated heterocycles. The van der Waals surface area contributed by atoms with Crippen molar-refractivity contribution in [1.82, 2.24) is 9.59 Å². The molecule has 0 saturated carbocycles. The standard InChI is InChI=1S/C9H10N2O2S/c1-9(2,3)13-8(12)5-4-7-6-14-11-10-7/h6H,1-3H3. The van der Waals surface area contributed by atoms with Crippen molar-refractivity contribution < 1.29 is 9.53 Å². The molecular formula is C9H10N2O2S. The minimum absolute atomic E-state index is 0.487. The van der Waals surface area contributed by atoms with Gasteiger partial charge in [-0.3, -0.25) is 0 Å². The van der Waals surface area contributed by atoms with E-state index in [2.05, 4.69) is 21.4 Å². The largest absolute Gasteiger partial charge is 0.450 e. The van der Waals surface area contributed by atoms with Gasteiger partial charge in [0, 0.05) is 11.3 Å². The molecule has 74 valence electrons. The van der Waals surface area contributed by atoms with E-state index < -0.39 is 11.6 Å². The number of nitrogens with zero attached hydrogens (tertiary/aromatic N) is 2. The fraction of sp³-hybridized carbons (Fsp3) is 0.444. The molecule has 0 aromatic carbocycles. The van der Waals surface area contributed by atoms with E-state index in [1.807, 2.05) is 0 Å². The molecule has 0 aliphatic carbocycles. The Balaban J connectivity index is 2.57. The second-order valence-corrected chi connectivity index (χ2v) is 4.15. The molecule has 1 heterocycles. The van der Waals surface area contributed by atoms with Crippen LogP contribution >= 0.6 is 11.5 Å². The van der Waals surface area contributed by atoms with Crippen molar-refractivity contribution >= 4 is 17.5 Å². The minimum Gasteiger partial charge on any atom is -0.450 e. The molecule has 0 unspecified atom stereocenters. The Morgan fingerprint density at radius 3 is 2.79 bits per heavy atom. The maximum absolute atomic E-state index is 11.1. The van der Waals surface area contributed by atoms with E-state index >= 15 is 0 Å². The third-order valence-electron chi connectivity index (χ3n) is 1.05. The summed E-state index contributed by atoms with van der Waals surface area (Å²) in [6.45, 7) is 5.37. The molecule has 4 nitrogen and oxygen atoms in total. The van der Waals surface area contributed by atoms with Gasteiger partial charge in [-0.25, -0.2) is 4.79 Å². The van der Waals surface area contributed by atoms with Crippen LogP contribution in [0.5, 0.6) is 0 Å². The zero-order valence-corrected chi connectivity index (χ0v) is 9.01. The van der Waals surface area contributed by atoms with Gasteiger partial charge in [0.25, 0.3) is 0 Å². The fourth-order valence-electron chi connectivity index (χ4n) is 0.638. The molecule has 0 spiro atoms. The van der Waals surface area contributed by atoms with Gasteiger partial charge in [-0.15, -0.1) is 5.10 Å².